The number of benzene rings is 1. The molecule has 0 aliphatic heterocycles. The number of ether oxygens (including phenoxy) is 1. The number of hydrogen-bond donors (Lipinski definition) is 0. The minimum absolute atomic E-state index is 0.431. The highest BCUT2D eigenvalue weighted by Gasteiger charge is 1.74. The van der Waals surface area contributed by atoms with E-state index in [1.165, 1.54) is 0 Å². The van der Waals surface area contributed by atoms with E-state index >= 15 is 0 Å². The van der Waals surface area contributed by atoms with E-state index in [-0.39, 0.29) is 0 Å². The second kappa shape index (κ2) is 8.08. The Morgan fingerprint density at radius 2 is 2.00 bits per heavy atom. The van der Waals surface area contributed by atoms with Crippen LogP contribution < -0.4 is 0 Å². The molecular weight excluding hydrogens is 176 g/mol. The molecule has 1 aromatic rings. The molecule has 0 bridgehead atoms. The van der Waals surface area contributed by atoms with Gasteiger partial charge in [0.25, 0.3) is 6.47 Å². The van der Waals surface area contributed by atoms with Gasteiger partial charge >= 0.3 is 0 Å². The first-order valence-corrected chi connectivity index (χ1v) is 3.94. The lowest BCUT2D eigenvalue weighted by atomic mass is 10.4. The van der Waals surface area contributed by atoms with Crippen molar-refractivity contribution in [2.75, 3.05) is 6.61 Å². The predicted octanol–water partition coefficient (Wildman–Crippen LogP) is 2.52. The molecule has 12 heavy (non-hydrogen) atoms. The Bertz CT molecular complexity index is 199. The van der Waals surface area contributed by atoms with Crippen molar-refractivity contribution in [2.45, 2.75) is 6.92 Å². The Hall–Kier alpha value is -1.02. The van der Waals surface area contributed by atoms with E-state index in [1.807, 2.05) is 30.3 Å². The van der Waals surface area contributed by atoms with Crippen molar-refractivity contribution in [3.8, 4) is 0 Å². The van der Waals surface area contributed by atoms with Crippen molar-refractivity contribution in [3.63, 3.8) is 0 Å². The molecule has 0 radical (unpaired) electrons. The van der Waals surface area contributed by atoms with Crippen LogP contribution in [-0.4, -0.2) is 13.1 Å². The molecule has 0 saturated heterocycles. The molecule has 1 rings (SSSR count). The fourth-order valence-corrected chi connectivity index (χ4v) is 0.628. The van der Waals surface area contributed by atoms with E-state index in [2.05, 4.69) is 4.74 Å². The Morgan fingerprint density at radius 1 is 1.42 bits per heavy atom. The zero-order valence-corrected chi connectivity index (χ0v) is 7.62. The molecule has 0 aliphatic carbocycles. The lowest BCUT2D eigenvalue weighted by Gasteiger charge is -1.80. The van der Waals surface area contributed by atoms with Crippen LogP contribution in [0.4, 0.5) is 0 Å². The second-order valence-corrected chi connectivity index (χ2v) is 2.28. The van der Waals surface area contributed by atoms with E-state index in [0.717, 1.165) is 5.02 Å². The second-order valence-electron chi connectivity index (χ2n) is 1.85. The average molecular weight is 187 g/mol. The van der Waals surface area contributed by atoms with Gasteiger partial charge in [0.15, 0.2) is 0 Å². The SMILES string of the molecule is CCOC=O.Clc1ccccc1. The highest BCUT2D eigenvalue weighted by molar-refractivity contribution is 6.30. The smallest absolute Gasteiger partial charge is 0.293 e. The highest BCUT2D eigenvalue weighted by Crippen LogP contribution is 2.03. The van der Waals surface area contributed by atoms with Gasteiger partial charge in [0, 0.05) is 5.02 Å². The maximum atomic E-state index is 9.18. The molecule has 3 heteroatoms. The van der Waals surface area contributed by atoms with Gasteiger partial charge in [-0.05, 0) is 19.1 Å². The molecule has 66 valence electrons. The van der Waals surface area contributed by atoms with E-state index in [0.29, 0.717) is 13.1 Å². The van der Waals surface area contributed by atoms with Crippen molar-refractivity contribution in [3.05, 3.63) is 35.4 Å². The van der Waals surface area contributed by atoms with E-state index in [9.17, 15) is 4.79 Å². The lowest BCUT2D eigenvalue weighted by Crippen LogP contribution is -1.80. The summed E-state index contributed by atoms with van der Waals surface area (Å²) in [6.07, 6.45) is 0. The molecule has 0 heterocycles. The predicted molar refractivity (Wildman–Crippen MR) is 49.1 cm³/mol. The Labute approximate surface area is 77.1 Å². The van der Waals surface area contributed by atoms with Crippen LogP contribution in [0.5, 0.6) is 0 Å². The molecule has 2 nitrogen and oxygen atoms in total. The normalized spacial score (nSPS) is 7.83. The first-order valence-electron chi connectivity index (χ1n) is 3.57. The molecule has 0 aliphatic rings. The summed E-state index contributed by atoms with van der Waals surface area (Å²) in [5.74, 6) is 0. The van der Waals surface area contributed by atoms with Gasteiger partial charge in [-0.15, -0.1) is 0 Å². The third-order valence-corrected chi connectivity index (χ3v) is 1.22. The summed E-state index contributed by atoms with van der Waals surface area (Å²) in [4.78, 5) is 9.18. The summed E-state index contributed by atoms with van der Waals surface area (Å²) in [6, 6.07) is 9.44. The van der Waals surface area contributed by atoms with Crippen molar-refractivity contribution >= 4 is 18.1 Å². The molecule has 0 atom stereocenters. The van der Waals surface area contributed by atoms with Crippen LogP contribution in [0.1, 0.15) is 6.92 Å². The van der Waals surface area contributed by atoms with Crippen molar-refractivity contribution < 1.29 is 9.53 Å². The quantitative estimate of drug-likeness (QED) is 0.664. The molecule has 1 aromatic carbocycles. The standard InChI is InChI=1S/C6H5Cl.C3H6O2/c7-6-4-2-1-3-5-6;1-2-5-3-4/h1-5H;3H,2H2,1H3. The zero-order chi connectivity index (χ0) is 9.23. The van der Waals surface area contributed by atoms with Gasteiger partial charge in [-0.3, -0.25) is 4.79 Å². The Morgan fingerprint density at radius 3 is 2.17 bits per heavy atom. The summed E-state index contributed by atoms with van der Waals surface area (Å²) in [5.41, 5.74) is 0. The highest BCUT2D eigenvalue weighted by atomic mass is 35.5. The summed E-state index contributed by atoms with van der Waals surface area (Å²) < 4.78 is 4.15. The van der Waals surface area contributed by atoms with Gasteiger partial charge in [0.2, 0.25) is 0 Å². The summed E-state index contributed by atoms with van der Waals surface area (Å²) in [5, 5.41) is 0.794. The van der Waals surface area contributed by atoms with Gasteiger partial charge in [0.1, 0.15) is 0 Å². The van der Waals surface area contributed by atoms with Gasteiger partial charge < -0.3 is 4.74 Å². The fourth-order valence-electron chi connectivity index (χ4n) is 0.483. The van der Waals surface area contributed by atoms with Gasteiger partial charge in [-0.2, -0.15) is 0 Å². The summed E-state index contributed by atoms with van der Waals surface area (Å²) in [7, 11) is 0. The van der Waals surface area contributed by atoms with Gasteiger partial charge in [-0.1, -0.05) is 29.8 Å². The van der Waals surface area contributed by atoms with Crippen LogP contribution >= 0.6 is 11.6 Å². The first kappa shape index (κ1) is 11.0. The van der Waals surface area contributed by atoms with Crippen molar-refractivity contribution in [1.29, 1.82) is 0 Å². The molecule has 0 fully saturated rings. The van der Waals surface area contributed by atoms with Gasteiger partial charge in [0.05, 0.1) is 6.61 Å². The third-order valence-electron chi connectivity index (χ3n) is 0.968. The fraction of sp³-hybridized carbons (Fsp3) is 0.222. The molecule has 0 aromatic heterocycles. The molecule has 0 N–H and O–H groups in total. The van der Waals surface area contributed by atoms with E-state index in [1.54, 1.807) is 6.92 Å². The minimum atomic E-state index is 0.431. The van der Waals surface area contributed by atoms with Crippen LogP contribution in [0.3, 0.4) is 0 Å². The Balaban J connectivity index is 0.000000217. The van der Waals surface area contributed by atoms with Crippen LogP contribution in [0.15, 0.2) is 30.3 Å². The third kappa shape index (κ3) is 7.09. The van der Waals surface area contributed by atoms with Crippen LogP contribution in [0, 0.1) is 0 Å². The number of rotatable bonds is 2. The number of hydrogen-bond acceptors (Lipinski definition) is 2. The summed E-state index contributed by atoms with van der Waals surface area (Å²) in [6.45, 7) is 2.66. The molecule has 0 amide bonds. The van der Waals surface area contributed by atoms with Gasteiger partial charge in [-0.25, -0.2) is 0 Å². The van der Waals surface area contributed by atoms with E-state index < -0.39 is 0 Å². The van der Waals surface area contributed by atoms with Crippen LogP contribution in [0.25, 0.3) is 0 Å². The molecule has 0 unspecified atom stereocenters. The molecule has 0 spiro atoms. The number of carbonyl (C=O) groups excluding carboxylic acids is 1. The summed E-state index contributed by atoms with van der Waals surface area (Å²) >= 11 is 5.54. The Kier molecular flexibility index (Phi) is 7.39. The average Bonchev–Trinajstić information content (AvgIpc) is 2.08. The van der Waals surface area contributed by atoms with Crippen molar-refractivity contribution in [1.82, 2.24) is 0 Å². The number of carbonyl (C=O) groups is 1. The zero-order valence-electron chi connectivity index (χ0n) is 6.87. The van der Waals surface area contributed by atoms with Crippen LogP contribution in [0.2, 0.25) is 5.02 Å². The van der Waals surface area contributed by atoms with Crippen LogP contribution in [-0.2, 0) is 9.53 Å². The monoisotopic (exact) mass is 186 g/mol. The lowest BCUT2D eigenvalue weighted by molar-refractivity contribution is -0.128. The first-order chi connectivity index (χ1) is 5.81. The molecular formula is C9H11ClO2. The largest absolute Gasteiger partial charge is 0.468 e. The van der Waals surface area contributed by atoms with E-state index in [4.69, 9.17) is 11.6 Å². The maximum absolute atomic E-state index is 9.18. The number of halogens is 1. The minimum Gasteiger partial charge on any atom is -0.468 e. The topological polar surface area (TPSA) is 26.3 Å². The maximum Gasteiger partial charge on any atom is 0.293 e. The van der Waals surface area contributed by atoms with Crippen molar-refractivity contribution in [2.24, 2.45) is 0 Å². The molecule has 0 saturated carbocycles.